The monoisotopic (exact) mass is 236 g/mol. The molecule has 0 aliphatic carbocycles. The van der Waals surface area contributed by atoms with Gasteiger partial charge in [0.15, 0.2) is 6.10 Å². The Hall–Kier alpha value is 0.906. The molecule has 8 heteroatoms. The number of carboxylic acids is 1. The van der Waals surface area contributed by atoms with Gasteiger partial charge in [0, 0.05) is 0 Å². The summed E-state index contributed by atoms with van der Waals surface area (Å²) in [6.45, 7) is -0.843. The van der Waals surface area contributed by atoms with E-state index in [-0.39, 0.29) is 51.4 Å². The molecule has 0 aliphatic rings. The SMILES string of the molecule is O=C(O)[C@H](O)[C@@H](O)[C@H](O)[C@H](O)CO.[KH]. The Kier molecular flexibility index (Phi) is 10.0. The molecule has 0 saturated heterocycles. The Morgan fingerprint density at radius 2 is 1.50 bits per heavy atom. The molecule has 0 aromatic rings. The third-order valence-electron chi connectivity index (χ3n) is 1.51. The van der Waals surface area contributed by atoms with Crippen molar-refractivity contribution in [2.45, 2.75) is 24.4 Å². The van der Waals surface area contributed by atoms with Gasteiger partial charge in [-0.15, -0.1) is 0 Å². The molecule has 0 heterocycles. The van der Waals surface area contributed by atoms with Crippen molar-refractivity contribution < 1.29 is 35.4 Å². The predicted molar refractivity (Wildman–Crippen MR) is 45.9 cm³/mol. The van der Waals surface area contributed by atoms with Gasteiger partial charge in [0.05, 0.1) is 6.61 Å². The molecule has 0 radical (unpaired) electrons. The quantitative estimate of drug-likeness (QED) is 0.266. The number of aliphatic hydroxyl groups excluding tert-OH is 5. The van der Waals surface area contributed by atoms with Crippen molar-refractivity contribution in [1.82, 2.24) is 0 Å². The molecule has 0 aromatic carbocycles. The van der Waals surface area contributed by atoms with Crippen molar-refractivity contribution in [3.05, 3.63) is 0 Å². The van der Waals surface area contributed by atoms with E-state index in [0.29, 0.717) is 0 Å². The topological polar surface area (TPSA) is 138 Å². The molecule has 80 valence electrons. The van der Waals surface area contributed by atoms with Crippen LogP contribution in [0.3, 0.4) is 0 Å². The van der Waals surface area contributed by atoms with E-state index in [2.05, 4.69) is 0 Å². The van der Waals surface area contributed by atoms with E-state index in [0.717, 1.165) is 0 Å². The van der Waals surface area contributed by atoms with Gasteiger partial charge in [-0.05, 0) is 0 Å². The fraction of sp³-hybridized carbons (Fsp3) is 0.833. The number of rotatable bonds is 5. The Morgan fingerprint density at radius 3 is 1.79 bits per heavy atom. The van der Waals surface area contributed by atoms with Crippen molar-refractivity contribution >= 4 is 57.4 Å². The number of carbonyl (C=O) groups is 1. The van der Waals surface area contributed by atoms with E-state index in [1.807, 2.05) is 0 Å². The zero-order valence-electron chi connectivity index (χ0n) is 6.61. The van der Waals surface area contributed by atoms with E-state index in [1.165, 1.54) is 0 Å². The summed E-state index contributed by atoms with van der Waals surface area (Å²) in [4.78, 5) is 10.1. The summed E-state index contributed by atoms with van der Waals surface area (Å²) in [5, 5.41) is 51.8. The van der Waals surface area contributed by atoms with Crippen molar-refractivity contribution in [3.63, 3.8) is 0 Å². The number of hydrogen-bond acceptors (Lipinski definition) is 6. The fourth-order valence-electron chi connectivity index (χ4n) is 0.668. The first-order chi connectivity index (χ1) is 5.91. The molecule has 4 atom stereocenters. The minimum absolute atomic E-state index is 0. The van der Waals surface area contributed by atoms with E-state index in [1.54, 1.807) is 0 Å². The second kappa shape index (κ2) is 8.10. The van der Waals surface area contributed by atoms with E-state index in [4.69, 9.17) is 30.6 Å². The van der Waals surface area contributed by atoms with Crippen LogP contribution in [0, 0.1) is 0 Å². The number of carboxylic acid groups (broad SMARTS) is 1. The molecule has 0 spiro atoms. The second-order valence-corrected chi connectivity index (χ2v) is 2.51. The summed E-state index contributed by atoms with van der Waals surface area (Å²) in [6, 6.07) is 0. The van der Waals surface area contributed by atoms with Crippen LogP contribution < -0.4 is 0 Å². The van der Waals surface area contributed by atoms with Gasteiger partial charge in [-0.3, -0.25) is 0 Å². The summed E-state index contributed by atoms with van der Waals surface area (Å²) in [5.74, 6) is -1.73. The maximum absolute atomic E-state index is 10.1. The van der Waals surface area contributed by atoms with Crippen molar-refractivity contribution in [2.24, 2.45) is 0 Å². The van der Waals surface area contributed by atoms with Crippen LogP contribution in [0.15, 0.2) is 0 Å². The molecule has 0 fully saturated rings. The van der Waals surface area contributed by atoms with Gasteiger partial charge < -0.3 is 30.6 Å². The first-order valence-electron chi connectivity index (χ1n) is 3.47. The van der Waals surface area contributed by atoms with Crippen LogP contribution in [0.2, 0.25) is 0 Å². The molecular weight excluding hydrogens is 223 g/mol. The summed E-state index contributed by atoms with van der Waals surface area (Å²) in [7, 11) is 0. The van der Waals surface area contributed by atoms with Gasteiger partial charge in [-0.25, -0.2) is 4.79 Å². The molecule has 0 amide bonds. The minimum atomic E-state index is -2.20. The molecule has 0 aromatic heterocycles. The van der Waals surface area contributed by atoms with Crippen molar-refractivity contribution in [2.75, 3.05) is 6.61 Å². The normalized spacial score (nSPS) is 18.9. The Labute approximate surface area is 122 Å². The van der Waals surface area contributed by atoms with Crippen LogP contribution in [0.25, 0.3) is 0 Å². The number of aliphatic carboxylic acids is 1. The Bertz CT molecular complexity index is 176. The van der Waals surface area contributed by atoms with Crippen LogP contribution in [-0.2, 0) is 4.79 Å². The summed E-state index contributed by atoms with van der Waals surface area (Å²) in [5.41, 5.74) is 0. The van der Waals surface area contributed by atoms with Gasteiger partial charge in [0.2, 0.25) is 0 Å². The van der Waals surface area contributed by atoms with Gasteiger partial charge >= 0.3 is 57.4 Å². The van der Waals surface area contributed by atoms with E-state index >= 15 is 0 Å². The third-order valence-corrected chi connectivity index (χ3v) is 1.51. The molecule has 6 N–H and O–H groups in total. The van der Waals surface area contributed by atoms with Crippen LogP contribution >= 0.6 is 0 Å². The summed E-state index contributed by atoms with van der Waals surface area (Å²) < 4.78 is 0. The van der Waals surface area contributed by atoms with Crippen LogP contribution in [0.5, 0.6) is 0 Å². The third kappa shape index (κ3) is 5.12. The average molecular weight is 236 g/mol. The molecule has 0 saturated carbocycles. The average Bonchev–Trinajstić information content (AvgIpc) is 2.12. The van der Waals surface area contributed by atoms with Crippen molar-refractivity contribution in [1.29, 1.82) is 0 Å². The zero-order chi connectivity index (χ0) is 10.6. The molecule has 0 unspecified atom stereocenters. The standard InChI is InChI=1S/C6H12O7.K.H/c7-1-2(8)3(9)4(10)5(11)6(12)13;;/h2-5,7-11H,1H2,(H,12,13);;/t2-,3-,4+,5-;;/m1../s1. The van der Waals surface area contributed by atoms with Gasteiger partial charge in [-0.1, -0.05) is 0 Å². The van der Waals surface area contributed by atoms with E-state index in [9.17, 15) is 4.79 Å². The first kappa shape index (κ1) is 17.3. The predicted octanol–water partition coefficient (Wildman–Crippen LogP) is -4.14. The number of aliphatic hydroxyl groups is 5. The molecule has 14 heavy (non-hydrogen) atoms. The Morgan fingerprint density at radius 1 is 1.07 bits per heavy atom. The first-order valence-corrected chi connectivity index (χ1v) is 3.47. The second-order valence-electron chi connectivity index (χ2n) is 2.51. The molecule has 0 aliphatic heterocycles. The van der Waals surface area contributed by atoms with Crippen LogP contribution in [0.1, 0.15) is 0 Å². The van der Waals surface area contributed by atoms with Crippen molar-refractivity contribution in [3.8, 4) is 0 Å². The molecule has 0 rings (SSSR count). The maximum atomic E-state index is 10.1. The van der Waals surface area contributed by atoms with Gasteiger partial charge in [0.1, 0.15) is 18.3 Å². The zero-order valence-corrected chi connectivity index (χ0v) is 6.61. The van der Waals surface area contributed by atoms with Gasteiger partial charge in [-0.2, -0.15) is 0 Å². The molecule has 0 bridgehead atoms. The molecular formula is C6H13KO7. The van der Waals surface area contributed by atoms with Gasteiger partial charge in [0.25, 0.3) is 0 Å². The van der Waals surface area contributed by atoms with Crippen LogP contribution in [-0.4, -0.2) is 119 Å². The molecule has 7 nitrogen and oxygen atoms in total. The summed E-state index contributed by atoms with van der Waals surface area (Å²) >= 11 is 0. The number of hydrogen-bond donors (Lipinski definition) is 6. The Balaban J connectivity index is 0. The van der Waals surface area contributed by atoms with Crippen LogP contribution in [0.4, 0.5) is 0 Å². The van der Waals surface area contributed by atoms with E-state index < -0.39 is 37.0 Å². The fourth-order valence-corrected chi connectivity index (χ4v) is 0.668. The summed E-state index contributed by atoms with van der Waals surface area (Å²) in [6.07, 6.45) is -7.84.